The molecular weight excluding hydrogens is 332 g/mol. The predicted molar refractivity (Wildman–Crippen MR) is 101 cm³/mol. The third-order valence-corrected chi connectivity index (χ3v) is 3.76. The lowest BCUT2D eigenvalue weighted by atomic mass is 10.0. The van der Waals surface area contributed by atoms with Gasteiger partial charge in [0.15, 0.2) is 11.5 Å². The van der Waals surface area contributed by atoms with E-state index in [1.165, 1.54) is 0 Å². The summed E-state index contributed by atoms with van der Waals surface area (Å²) in [6.07, 6.45) is 0. The second-order valence-electron chi connectivity index (χ2n) is 5.64. The van der Waals surface area contributed by atoms with Gasteiger partial charge in [0, 0.05) is 11.1 Å². The lowest BCUT2D eigenvalue weighted by Crippen LogP contribution is -2.17. The zero-order valence-corrected chi connectivity index (χ0v) is 15.3. The van der Waals surface area contributed by atoms with Crippen LogP contribution in [0.1, 0.15) is 40.9 Å². The highest BCUT2D eigenvalue weighted by Gasteiger charge is 2.13. The Kier molecular flexibility index (Phi) is 6.74. The molecule has 6 nitrogen and oxygen atoms in total. The third kappa shape index (κ3) is 4.61. The Labute approximate surface area is 153 Å². The summed E-state index contributed by atoms with van der Waals surface area (Å²) in [5.74, 6) is 0.747. The van der Waals surface area contributed by atoms with Crippen LogP contribution in [0.3, 0.4) is 0 Å². The Morgan fingerprint density at radius 3 is 2.38 bits per heavy atom. The number of hydrogen-bond donors (Lipinski definition) is 2. The van der Waals surface area contributed by atoms with Crippen LogP contribution in [-0.2, 0) is 6.61 Å². The van der Waals surface area contributed by atoms with E-state index in [2.05, 4.69) is 4.99 Å². The Morgan fingerprint density at radius 1 is 1.08 bits per heavy atom. The first-order valence-electron chi connectivity index (χ1n) is 8.49. The number of aryl methyl sites for hydroxylation is 1. The topological polar surface area (TPSA) is 94.1 Å². The Bertz CT molecular complexity index is 815. The molecule has 6 heteroatoms. The van der Waals surface area contributed by atoms with Crippen molar-refractivity contribution in [3.8, 4) is 11.5 Å². The molecule has 0 aliphatic rings. The molecule has 0 aliphatic carbocycles. The molecule has 0 spiro atoms. The van der Waals surface area contributed by atoms with Crippen LogP contribution in [0.2, 0.25) is 0 Å². The van der Waals surface area contributed by atoms with E-state index in [1.807, 2.05) is 26.8 Å². The molecule has 0 radical (unpaired) electrons. The third-order valence-electron chi connectivity index (χ3n) is 3.76. The van der Waals surface area contributed by atoms with Crippen LogP contribution < -0.4 is 15.2 Å². The fourth-order valence-corrected chi connectivity index (χ4v) is 2.53. The molecule has 1 amide bonds. The Morgan fingerprint density at radius 2 is 1.77 bits per heavy atom. The van der Waals surface area contributed by atoms with Crippen LogP contribution in [0.4, 0.5) is 0 Å². The zero-order chi connectivity index (χ0) is 19.1. The number of nitrogens with zero attached hydrogens (tertiary/aromatic N) is 1. The van der Waals surface area contributed by atoms with Gasteiger partial charge in [0.05, 0.1) is 19.8 Å². The molecule has 0 saturated heterocycles. The Balaban J connectivity index is 2.30. The number of carbonyl (C=O) groups is 1. The van der Waals surface area contributed by atoms with Gasteiger partial charge in [0.2, 0.25) is 0 Å². The van der Waals surface area contributed by atoms with E-state index in [1.54, 1.807) is 30.3 Å². The van der Waals surface area contributed by atoms with Gasteiger partial charge in [0.1, 0.15) is 5.84 Å². The van der Waals surface area contributed by atoms with Gasteiger partial charge in [-0.05, 0) is 50.1 Å². The fraction of sp³-hybridized carbons (Fsp3) is 0.300. The van der Waals surface area contributed by atoms with Gasteiger partial charge in [-0.15, -0.1) is 0 Å². The predicted octanol–water partition coefficient (Wildman–Crippen LogP) is 2.83. The second kappa shape index (κ2) is 9.01. The molecule has 2 rings (SSSR count). The van der Waals surface area contributed by atoms with Crippen molar-refractivity contribution < 1.29 is 19.4 Å². The summed E-state index contributed by atoms with van der Waals surface area (Å²) in [4.78, 5) is 16.5. The van der Waals surface area contributed by atoms with Crippen molar-refractivity contribution in [3.63, 3.8) is 0 Å². The molecular formula is C20H24N2O4. The van der Waals surface area contributed by atoms with Gasteiger partial charge < -0.3 is 20.3 Å². The van der Waals surface area contributed by atoms with Crippen LogP contribution in [0.5, 0.6) is 11.5 Å². The van der Waals surface area contributed by atoms with Crippen LogP contribution in [0.25, 0.3) is 0 Å². The van der Waals surface area contributed by atoms with Crippen molar-refractivity contribution in [2.45, 2.75) is 27.4 Å². The monoisotopic (exact) mass is 356 g/mol. The maximum absolute atomic E-state index is 12.5. The maximum atomic E-state index is 12.5. The van der Waals surface area contributed by atoms with E-state index < -0.39 is 5.91 Å². The summed E-state index contributed by atoms with van der Waals surface area (Å²) < 4.78 is 11.0. The molecule has 0 unspecified atom stereocenters. The highest BCUT2D eigenvalue weighted by atomic mass is 16.5. The highest BCUT2D eigenvalue weighted by molar-refractivity contribution is 6.09. The number of aliphatic hydroxyl groups is 1. The first-order valence-corrected chi connectivity index (χ1v) is 8.49. The molecule has 3 N–H and O–H groups in total. The van der Waals surface area contributed by atoms with E-state index in [0.29, 0.717) is 35.8 Å². The molecule has 0 saturated carbocycles. The largest absolute Gasteiger partial charge is 0.490 e. The van der Waals surface area contributed by atoms with Crippen LogP contribution in [0, 0.1) is 6.92 Å². The summed E-state index contributed by atoms with van der Waals surface area (Å²) in [5.41, 5.74) is 8.65. The van der Waals surface area contributed by atoms with Gasteiger partial charge in [-0.25, -0.2) is 0 Å². The van der Waals surface area contributed by atoms with Gasteiger partial charge in [-0.3, -0.25) is 4.79 Å². The zero-order valence-electron chi connectivity index (χ0n) is 15.3. The van der Waals surface area contributed by atoms with E-state index in [0.717, 1.165) is 11.1 Å². The summed E-state index contributed by atoms with van der Waals surface area (Å²) in [7, 11) is 0. The molecule has 0 aromatic heterocycles. The molecule has 138 valence electrons. The minimum absolute atomic E-state index is 0.0521. The number of hydrogen-bond acceptors (Lipinski definition) is 4. The minimum Gasteiger partial charge on any atom is -0.490 e. The van der Waals surface area contributed by atoms with Crippen LogP contribution >= 0.6 is 0 Å². The molecule has 0 bridgehead atoms. The van der Waals surface area contributed by atoms with Crippen LogP contribution in [0.15, 0.2) is 41.4 Å². The summed E-state index contributed by atoms with van der Waals surface area (Å²) in [5, 5.41) is 9.18. The average molecular weight is 356 g/mol. The van der Waals surface area contributed by atoms with Crippen LogP contribution in [-0.4, -0.2) is 30.1 Å². The number of amides is 1. The SMILES string of the molecule is CCOc1ccc(C(=O)N=C(N)c2ccc(CO)cc2C)cc1OCC. The number of benzene rings is 2. The summed E-state index contributed by atoms with van der Waals surface area (Å²) in [6.45, 7) is 6.50. The summed E-state index contributed by atoms with van der Waals surface area (Å²) in [6, 6.07) is 10.2. The van der Waals surface area contributed by atoms with Crippen molar-refractivity contribution in [2.75, 3.05) is 13.2 Å². The standard InChI is InChI=1S/C20H24N2O4/c1-4-25-17-9-7-15(11-18(17)26-5-2)20(24)22-19(21)16-8-6-14(12-23)10-13(16)3/h6-11,23H,4-5,12H2,1-3H3,(H2,21,22,24). The van der Waals surface area contributed by atoms with E-state index >= 15 is 0 Å². The maximum Gasteiger partial charge on any atom is 0.279 e. The molecule has 2 aromatic rings. The molecule has 26 heavy (non-hydrogen) atoms. The van der Waals surface area contributed by atoms with Crippen molar-refractivity contribution in [1.82, 2.24) is 0 Å². The number of amidine groups is 1. The normalized spacial score (nSPS) is 11.3. The second-order valence-corrected chi connectivity index (χ2v) is 5.64. The van der Waals surface area contributed by atoms with E-state index in [9.17, 15) is 9.90 Å². The van der Waals surface area contributed by atoms with Gasteiger partial charge in [-0.1, -0.05) is 18.2 Å². The number of ether oxygens (including phenoxy) is 2. The molecule has 0 heterocycles. The van der Waals surface area contributed by atoms with E-state index in [-0.39, 0.29) is 12.4 Å². The molecule has 2 aromatic carbocycles. The first kappa shape index (κ1) is 19.5. The number of nitrogens with two attached hydrogens (primary N) is 1. The quantitative estimate of drug-likeness (QED) is 0.588. The minimum atomic E-state index is -0.461. The molecule has 0 fully saturated rings. The first-order chi connectivity index (χ1) is 12.5. The van der Waals surface area contributed by atoms with Crippen molar-refractivity contribution in [1.29, 1.82) is 0 Å². The van der Waals surface area contributed by atoms with Crippen molar-refractivity contribution >= 4 is 11.7 Å². The van der Waals surface area contributed by atoms with Crippen molar-refractivity contribution in [2.24, 2.45) is 10.7 Å². The molecule has 0 atom stereocenters. The lowest BCUT2D eigenvalue weighted by Gasteiger charge is -2.11. The number of carbonyl (C=O) groups excluding carboxylic acids is 1. The number of aliphatic imine (C=N–C) groups is 1. The van der Waals surface area contributed by atoms with Gasteiger partial charge in [0.25, 0.3) is 5.91 Å². The summed E-state index contributed by atoms with van der Waals surface area (Å²) >= 11 is 0. The number of rotatable bonds is 7. The molecule has 0 aliphatic heterocycles. The van der Waals surface area contributed by atoms with Gasteiger partial charge in [-0.2, -0.15) is 4.99 Å². The van der Waals surface area contributed by atoms with Gasteiger partial charge >= 0.3 is 0 Å². The Hall–Kier alpha value is -2.86. The average Bonchev–Trinajstić information content (AvgIpc) is 2.63. The number of aliphatic hydroxyl groups excluding tert-OH is 1. The lowest BCUT2D eigenvalue weighted by molar-refractivity contribution is 0.100. The van der Waals surface area contributed by atoms with Crippen molar-refractivity contribution in [3.05, 3.63) is 58.7 Å². The fourth-order valence-electron chi connectivity index (χ4n) is 2.53. The smallest absolute Gasteiger partial charge is 0.279 e. The highest BCUT2D eigenvalue weighted by Crippen LogP contribution is 2.28. The van der Waals surface area contributed by atoms with E-state index in [4.69, 9.17) is 15.2 Å².